The van der Waals surface area contributed by atoms with Gasteiger partial charge in [-0.2, -0.15) is 5.26 Å². The lowest BCUT2D eigenvalue weighted by Crippen LogP contribution is -2.44. The van der Waals surface area contributed by atoms with Crippen LogP contribution in [0.2, 0.25) is 0 Å². The minimum atomic E-state index is 0.0462. The molecule has 1 aliphatic heterocycles. The van der Waals surface area contributed by atoms with Gasteiger partial charge in [0, 0.05) is 6.04 Å². The molecule has 0 spiro atoms. The van der Waals surface area contributed by atoms with Crippen molar-refractivity contribution in [1.82, 2.24) is 5.32 Å². The summed E-state index contributed by atoms with van der Waals surface area (Å²) in [6.07, 6.45) is 3.33. The highest BCUT2D eigenvalue weighted by atomic mass is 15.0. The van der Waals surface area contributed by atoms with Crippen LogP contribution in [0.25, 0.3) is 0 Å². The molecular weight excluding hydrogens is 196 g/mol. The van der Waals surface area contributed by atoms with Crippen molar-refractivity contribution in [1.29, 1.82) is 5.26 Å². The highest BCUT2D eigenvalue weighted by molar-refractivity contribution is 5.21. The highest BCUT2D eigenvalue weighted by Gasteiger charge is 2.25. The summed E-state index contributed by atoms with van der Waals surface area (Å²) in [5.74, 6) is 0.484. The SMILES string of the molecule is CC(c1ccccc1)C1CCCC(C#N)N1. The Hall–Kier alpha value is -1.33. The topological polar surface area (TPSA) is 35.8 Å². The first-order chi connectivity index (χ1) is 7.81. The van der Waals surface area contributed by atoms with Gasteiger partial charge in [0.05, 0.1) is 12.1 Å². The normalized spacial score (nSPS) is 27.0. The van der Waals surface area contributed by atoms with Crippen molar-refractivity contribution in [2.75, 3.05) is 0 Å². The molecule has 1 fully saturated rings. The van der Waals surface area contributed by atoms with Gasteiger partial charge in [0.1, 0.15) is 0 Å². The second-order valence-corrected chi connectivity index (χ2v) is 4.59. The lowest BCUT2D eigenvalue weighted by molar-refractivity contribution is 0.327. The van der Waals surface area contributed by atoms with E-state index in [1.807, 2.05) is 6.07 Å². The van der Waals surface area contributed by atoms with Crippen LogP contribution in [0.5, 0.6) is 0 Å². The van der Waals surface area contributed by atoms with Crippen LogP contribution in [0.15, 0.2) is 30.3 Å². The van der Waals surface area contributed by atoms with E-state index in [-0.39, 0.29) is 6.04 Å². The Labute approximate surface area is 97.3 Å². The van der Waals surface area contributed by atoms with Crippen LogP contribution in [-0.2, 0) is 0 Å². The third-order valence-corrected chi connectivity index (χ3v) is 3.51. The minimum Gasteiger partial charge on any atom is -0.299 e. The molecule has 0 aromatic heterocycles. The number of benzene rings is 1. The maximum absolute atomic E-state index is 8.95. The fourth-order valence-corrected chi connectivity index (χ4v) is 2.45. The van der Waals surface area contributed by atoms with Crippen molar-refractivity contribution >= 4 is 0 Å². The van der Waals surface area contributed by atoms with Gasteiger partial charge >= 0.3 is 0 Å². The van der Waals surface area contributed by atoms with E-state index in [2.05, 4.69) is 42.6 Å². The van der Waals surface area contributed by atoms with E-state index in [1.165, 1.54) is 12.0 Å². The molecule has 0 aliphatic carbocycles. The molecule has 84 valence electrons. The van der Waals surface area contributed by atoms with Gasteiger partial charge in [0.25, 0.3) is 0 Å². The molecule has 0 bridgehead atoms. The second-order valence-electron chi connectivity index (χ2n) is 4.59. The summed E-state index contributed by atoms with van der Waals surface area (Å²) >= 11 is 0. The standard InChI is InChI=1S/C14H18N2/c1-11(12-6-3-2-4-7-12)14-9-5-8-13(10-15)16-14/h2-4,6-7,11,13-14,16H,5,8-9H2,1H3. The lowest BCUT2D eigenvalue weighted by Gasteiger charge is -2.32. The molecule has 1 aromatic carbocycles. The zero-order valence-corrected chi connectivity index (χ0v) is 9.69. The average molecular weight is 214 g/mol. The van der Waals surface area contributed by atoms with Gasteiger partial charge in [-0.05, 0) is 30.7 Å². The maximum atomic E-state index is 8.95. The molecule has 2 heteroatoms. The molecule has 3 atom stereocenters. The monoisotopic (exact) mass is 214 g/mol. The molecule has 1 aliphatic rings. The molecule has 1 heterocycles. The summed E-state index contributed by atoms with van der Waals surface area (Å²) in [4.78, 5) is 0. The summed E-state index contributed by atoms with van der Waals surface area (Å²) in [7, 11) is 0. The van der Waals surface area contributed by atoms with Gasteiger partial charge in [-0.3, -0.25) is 5.32 Å². The molecule has 2 nitrogen and oxygen atoms in total. The predicted octanol–water partition coefficient (Wildman–Crippen LogP) is 2.82. The zero-order chi connectivity index (χ0) is 11.4. The Kier molecular flexibility index (Phi) is 3.58. The van der Waals surface area contributed by atoms with Gasteiger partial charge < -0.3 is 0 Å². The van der Waals surface area contributed by atoms with Crippen LogP contribution in [0, 0.1) is 11.3 Å². The molecule has 2 rings (SSSR count). The van der Waals surface area contributed by atoms with E-state index in [0.717, 1.165) is 12.8 Å². The summed E-state index contributed by atoms with van der Waals surface area (Å²) < 4.78 is 0. The number of nitrogens with one attached hydrogen (secondary N) is 1. The van der Waals surface area contributed by atoms with Crippen LogP contribution in [0.3, 0.4) is 0 Å². The summed E-state index contributed by atoms with van der Waals surface area (Å²) in [6.45, 7) is 2.24. The van der Waals surface area contributed by atoms with Gasteiger partial charge in [-0.1, -0.05) is 37.3 Å². The van der Waals surface area contributed by atoms with Crippen LogP contribution in [0.1, 0.15) is 37.7 Å². The van der Waals surface area contributed by atoms with Gasteiger partial charge in [0.2, 0.25) is 0 Å². The van der Waals surface area contributed by atoms with Gasteiger partial charge in [-0.25, -0.2) is 0 Å². The number of nitrogens with zero attached hydrogens (tertiary/aromatic N) is 1. The Morgan fingerprint density at radius 3 is 2.75 bits per heavy atom. The first-order valence-electron chi connectivity index (χ1n) is 6.02. The number of rotatable bonds is 2. The van der Waals surface area contributed by atoms with E-state index < -0.39 is 0 Å². The smallest absolute Gasteiger partial charge is 0.0955 e. The van der Waals surface area contributed by atoms with E-state index >= 15 is 0 Å². The summed E-state index contributed by atoms with van der Waals surface area (Å²) in [5, 5.41) is 12.4. The summed E-state index contributed by atoms with van der Waals surface area (Å²) in [6, 6.07) is 13.4. The van der Waals surface area contributed by atoms with Crippen LogP contribution >= 0.6 is 0 Å². The number of nitriles is 1. The molecule has 16 heavy (non-hydrogen) atoms. The maximum Gasteiger partial charge on any atom is 0.0955 e. The molecule has 0 amide bonds. The van der Waals surface area contributed by atoms with Crippen molar-refractivity contribution in [3.8, 4) is 6.07 Å². The third kappa shape index (κ3) is 2.43. The fourth-order valence-electron chi connectivity index (χ4n) is 2.45. The molecular formula is C14H18N2. The average Bonchev–Trinajstić information content (AvgIpc) is 2.39. The second kappa shape index (κ2) is 5.14. The van der Waals surface area contributed by atoms with E-state index in [1.54, 1.807) is 0 Å². The lowest BCUT2D eigenvalue weighted by atomic mass is 9.86. The van der Waals surface area contributed by atoms with Crippen molar-refractivity contribution in [3.05, 3.63) is 35.9 Å². The Morgan fingerprint density at radius 2 is 2.06 bits per heavy atom. The van der Waals surface area contributed by atoms with E-state index in [0.29, 0.717) is 12.0 Å². The van der Waals surface area contributed by atoms with E-state index in [9.17, 15) is 0 Å². The molecule has 1 saturated heterocycles. The van der Waals surface area contributed by atoms with Crippen LogP contribution in [-0.4, -0.2) is 12.1 Å². The number of hydrogen-bond acceptors (Lipinski definition) is 2. The van der Waals surface area contributed by atoms with Crippen molar-refractivity contribution in [2.45, 2.75) is 44.2 Å². The molecule has 1 aromatic rings. The van der Waals surface area contributed by atoms with Crippen molar-refractivity contribution in [3.63, 3.8) is 0 Å². The first-order valence-corrected chi connectivity index (χ1v) is 6.02. The highest BCUT2D eigenvalue weighted by Crippen LogP contribution is 2.25. The Bertz CT molecular complexity index is 366. The van der Waals surface area contributed by atoms with Crippen molar-refractivity contribution < 1.29 is 0 Å². The molecule has 0 radical (unpaired) electrons. The third-order valence-electron chi connectivity index (χ3n) is 3.51. The fraction of sp³-hybridized carbons (Fsp3) is 0.500. The number of piperidine rings is 1. The number of hydrogen-bond donors (Lipinski definition) is 1. The van der Waals surface area contributed by atoms with Gasteiger partial charge in [0.15, 0.2) is 0 Å². The van der Waals surface area contributed by atoms with E-state index in [4.69, 9.17) is 5.26 Å². The minimum absolute atomic E-state index is 0.0462. The first kappa shape index (κ1) is 11.2. The van der Waals surface area contributed by atoms with Gasteiger partial charge in [-0.15, -0.1) is 0 Å². The molecule has 0 saturated carbocycles. The van der Waals surface area contributed by atoms with Crippen molar-refractivity contribution in [2.24, 2.45) is 0 Å². The Morgan fingerprint density at radius 1 is 1.31 bits per heavy atom. The Balaban J connectivity index is 2.05. The largest absolute Gasteiger partial charge is 0.299 e. The van der Waals surface area contributed by atoms with Crippen LogP contribution < -0.4 is 5.32 Å². The molecule has 3 unspecified atom stereocenters. The zero-order valence-electron chi connectivity index (χ0n) is 9.69. The quantitative estimate of drug-likeness (QED) is 0.821. The summed E-state index contributed by atoms with van der Waals surface area (Å²) in [5.41, 5.74) is 1.36. The van der Waals surface area contributed by atoms with Crippen LogP contribution in [0.4, 0.5) is 0 Å². The predicted molar refractivity (Wildman–Crippen MR) is 65.0 cm³/mol. The molecule has 1 N–H and O–H groups in total.